The third-order valence-corrected chi connectivity index (χ3v) is 3.76. The topological polar surface area (TPSA) is 78.1 Å². The molecule has 3 rings (SSSR count). The molecule has 0 aliphatic carbocycles. The van der Waals surface area contributed by atoms with Gasteiger partial charge in [0.05, 0.1) is 11.4 Å². The fourth-order valence-electron chi connectivity index (χ4n) is 1.81. The second-order valence-corrected chi connectivity index (χ2v) is 5.13. The fourth-order valence-corrected chi connectivity index (χ4v) is 2.79. The molecule has 0 atom stereocenters. The molecule has 0 saturated carbocycles. The molecule has 5 nitrogen and oxygen atoms in total. The molecule has 0 radical (unpaired) electrons. The maximum atomic E-state index is 5.90. The van der Waals surface area contributed by atoms with Gasteiger partial charge in [0.15, 0.2) is 17.3 Å². The molecule has 0 amide bonds. The Kier molecular flexibility index (Phi) is 2.03. The number of hydrogen-bond donors (Lipinski definition) is 1. The summed E-state index contributed by atoms with van der Waals surface area (Å²) in [6, 6.07) is 0. The quantitative estimate of drug-likeness (QED) is 0.717. The first kappa shape index (κ1) is 10.3. The van der Waals surface area contributed by atoms with E-state index < -0.39 is 0 Å². The highest BCUT2D eigenvalue weighted by Gasteiger charge is 2.21. The molecular formula is C11H11N3O2S. The summed E-state index contributed by atoms with van der Waals surface area (Å²) in [6.45, 7) is 5.65. The van der Waals surface area contributed by atoms with Gasteiger partial charge in [-0.05, 0) is 13.8 Å². The van der Waals surface area contributed by atoms with Crippen molar-refractivity contribution in [2.24, 2.45) is 0 Å². The zero-order valence-corrected chi connectivity index (χ0v) is 10.5. The van der Waals surface area contributed by atoms with Crippen LogP contribution in [0, 0.1) is 20.8 Å². The van der Waals surface area contributed by atoms with Crippen LogP contribution in [0.4, 0.5) is 5.69 Å². The lowest BCUT2D eigenvalue weighted by Crippen LogP contribution is -1.81. The van der Waals surface area contributed by atoms with Crippen LogP contribution in [0.1, 0.15) is 16.5 Å². The molecule has 17 heavy (non-hydrogen) atoms. The predicted molar refractivity (Wildman–Crippen MR) is 66.0 cm³/mol. The first-order valence-electron chi connectivity index (χ1n) is 5.16. The van der Waals surface area contributed by atoms with Crippen LogP contribution in [0.25, 0.3) is 21.7 Å². The van der Waals surface area contributed by atoms with Gasteiger partial charge in [0, 0.05) is 11.8 Å². The van der Waals surface area contributed by atoms with Crippen LogP contribution < -0.4 is 5.73 Å². The van der Waals surface area contributed by atoms with Gasteiger partial charge in [-0.3, -0.25) is 0 Å². The fraction of sp³-hybridized carbons (Fsp3) is 0.273. The van der Waals surface area contributed by atoms with Gasteiger partial charge >= 0.3 is 0 Å². The van der Waals surface area contributed by atoms with Crippen molar-refractivity contribution in [3.63, 3.8) is 0 Å². The molecule has 0 saturated heterocycles. The van der Waals surface area contributed by atoms with Gasteiger partial charge in [0.2, 0.25) is 5.58 Å². The number of nitrogens with zero attached hydrogens (tertiary/aromatic N) is 2. The first-order chi connectivity index (χ1) is 8.08. The molecule has 0 bridgehead atoms. The monoisotopic (exact) mass is 249 g/mol. The number of anilines is 1. The minimum absolute atomic E-state index is 0.620. The number of nitrogen functional groups attached to an aromatic ring is 1. The third kappa shape index (κ3) is 1.37. The van der Waals surface area contributed by atoms with E-state index in [4.69, 9.17) is 14.7 Å². The van der Waals surface area contributed by atoms with Gasteiger partial charge in [0.25, 0.3) is 0 Å². The Bertz CT molecular complexity index is 708. The van der Waals surface area contributed by atoms with Crippen LogP contribution in [-0.2, 0) is 0 Å². The Morgan fingerprint density at radius 3 is 2.65 bits per heavy atom. The molecule has 0 aliphatic heterocycles. The largest absolute Gasteiger partial charge is 0.439 e. The van der Waals surface area contributed by atoms with E-state index >= 15 is 0 Å². The Hall–Kier alpha value is -1.82. The van der Waals surface area contributed by atoms with Gasteiger partial charge in [0.1, 0.15) is 4.70 Å². The highest BCUT2D eigenvalue weighted by atomic mass is 32.1. The van der Waals surface area contributed by atoms with Crippen LogP contribution in [0.15, 0.2) is 8.94 Å². The van der Waals surface area contributed by atoms with Crippen molar-refractivity contribution in [1.82, 2.24) is 10.1 Å². The number of fused-ring (bicyclic) bond motifs is 1. The van der Waals surface area contributed by atoms with E-state index in [9.17, 15) is 0 Å². The lowest BCUT2D eigenvalue weighted by atomic mass is 10.2. The highest BCUT2D eigenvalue weighted by Crippen LogP contribution is 2.40. The minimum atomic E-state index is 0.620. The van der Waals surface area contributed by atoms with E-state index in [1.54, 1.807) is 11.3 Å². The Labute approximate surface area is 101 Å². The Balaban J connectivity index is 2.31. The van der Waals surface area contributed by atoms with Crippen molar-refractivity contribution in [2.75, 3.05) is 5.73 Å². The second kappa shape index (κ2) is 3.33. The zero-order chi connectivity index (χ0) is 12.2. The van der Waals surface area contributed by atoms with Crippen molar-refractivity contribution < 1.29 is 8.94 Å². The molecule has 3 aromatic rings. The van der Waals surface area contributed by atoms with E-state index in [1.165, 1.54) is 0 Å². The molecule has 0 spiro atoms. The standard InChI is InChI=1S/C11H11N3O2S/c1-4-9(15-6(3)13-4)8-11-10(16-14-8)7(12)5(2)17-11/h12H2,1-3H3. The van der Waals surface area contributed by atoms with Gasteiger partial charge in [-0.1, -0.05) is 5.16 Å². The smallest absolute Gasteiger partial charge is 0.201 e. The van der Waals surface area contributed by atoms with Gasteiger partial charge in [-0.25, -0.2) is 4.98 Å². The molecule has 0 aliphatic rings. The van der Waals surface area contributed by atoms with Crippen LogP contribution in [0.3, 0.4) is 0 Å². The molecule has 0 aromatic carbocycles. The van der Waals surface area contributed by atoms with E-state index in [2.05, 4.69) is 10.1 Å². The van der Waals surface area contributed by atoms with E-state index in [0.717, 1.165) is 15.3 Å². The van der Waals surface area contributed by atoms with Crippen LogP contribution in [0.2, 0.25) is 0 Å². The lowest BCUT2D eigenvalue weighted by Gasteiger charge is -1.89. The summed E-state index contributed by atoms with van der Waals surface area (Å²) in [7, 11) is 0. The summed E-state index contributed by atoms with van der Waals surface area (Å²) in [5.41, 5.74) is 8.68. The summed E-state index contributed by atoms with van der Waals surface area (Å²) >= 11 is 1.56. The Morgan fingerprint density at radius 2 is 2.00 bits per heavy atom. The number of rotatable bonds is 1. The van der Waals surface area contributed by atoms with Crippen LogP contribution >= 0.6 is 11.3 Å². The van der Waals surface area contributed by atoms with Crippen molar-refractivity contribution in [3.05, 3.63) is 16.5 Å². The number of aromatic nitrogens is 2. The molecule has 0 fully saturated rings. The van der Waals surface area contributed by atoms with E-state index in [1.807, 2.05) is 20.8 Å². The van der Waals surface area contributed by atoms with Gasteiger partial charge < -0.3 is 14.7 Å². The molecule has 6 heteroatoms. The third-order valence-electron chi connectivity index (χ3n) is 2.65. The van der Waals surface area contributed by atoms with E-state index in [-0.39, 0.29) is 0 Å². The second-order valence-electron chi connectivity index (χ2n) is 3.91. The lowest BCUT2D eigenvalue weighted by molar-refractivity contribution is 0.453. The average molecular weight is 249 g/mol. The van der Waals surface area contributed by atoms with Gasteiger partial charge in [-0.2, -0.15) is 0 Å². The minimum Gasteiger partial charge on any atom is -0.439 e. The summed E-state index contributed by atoms with van der Waals surface area (Å²) < 4.78 is 11.7. The molecule has 0 unspecified atom stereocenters. The molecule has 3 heterocycles. The number of oxazole rings is 1. The number of thiophene rings is 1. The van der Waals surface area contributed by atoms with E-state index in [0.29, 0.717) is 28.6 Å². The summed E-state index contributed by atoms with van der Waals surface area (Å²) in [5.74, 6) is 1.28. The molecule has 88 valence electrons. The molecule has 2 N–H and O–H groups in total. The molecular weight excluding hydrogens is 238 g/mol. The van der Waals surface area contributed by atoms with Crippen molar-refractivity contribution >= 4 is 27.3 Å². The highest BCUT2D eigenvalue weighted by molar-refractivity contribution is 7.20. The van der Waals surface area contributed by atoms with Crippen molar-refractivity contribution in [2.45, 2.75) is 20.8 Å². The average Bonchev–Trinajstić information content (AvgIpc) is 2.87. The van der Waals surface area contributed by atoms with Crippen LogP contribution in [0.5, 0.6) is 0 Å². The maximum Gasteiger partial charge on any atom is 0.201 e. The molecule has 3 aromatic heterocycles. The summed E-state index contributed by atoms with van der Waals surface area (Å²) in [4.78, 5) is 5.25. The summed E-state index contributed by atoms with van der Waals surface area (Å²) in [6.07, 6.45) is 0. The summed E-state index contributed by atoms with van der Waals surface area (Å²) in [5, 5.41) is 4.02. The van der Waals surface area contributed by atoms with Gasteiger partial charge in [-0.15, -0.1) is 11.3 Å². The van der Waals surface area contributed by atoms with Crippen molar-refractivity contribution in [1.29, 1.82) is 0 Å². The number of nitrogens with two attached hydrogens (primary N) is 1. The maximum absolute atomic E-state index is 5.90. The normalized spacial score (nSPS) is 11.5. The predicted octanol–water partition coefficient (Wildman–Crippen LogP) is 3.05. The number of hydrogen-bond acceptors (Lipinski definition) is 6. The zero-order valence-electron chi connectivity index (χ0n) is 9.70. The van der Waals surface area contributed by atoms with Crippen molar-refractivity contribution in [3.8, 4) is 11.5 Å². The Morgan fingerprint density at radius 1 is 1.24 bits per heavy atom. The SMILES string of the molecule is Cc1nc(C)c(-c2noc3c(N)c(C)sc23)o1. The van der Waals surface area contributed by atoms with Crippen LogP contribution in [-0.4, -0.2) is 10.1 Å². The number of aryl methyl sites for hydroxylation is 3. The first-order valence-corrected chi connectivity index (χ1v) is 5.98.